The van der Waals surface area contributed by atoms with Crippen LogP contribution in [0.25, 0.3) is 11.0 Å². The van der Waals surface area contributed by atoms with Crippen molar-refractivity contribution in [1.82, 2.24) is 34.8 Å². The van der Waals surface area contributed by atoms with E-state index in [0.29, 0.717) is 52.6 Å². The second kappa shape index (κ2) is 21.5. The molecule has 0 bridgehead atoms. The summed E-state index contributed by atoms with van der Waals surface area (Å²) in [5, 5.41) is 29.8. The number of rotatable bonds is 12. The molecule has 1 spiro atoms. The van der Waals surface area contributed by atoms with Crippen LogP contribution in [-0.4, -0.2) is 114 Å². The summed E-state index contributed by atoms with van der Waals surface area (Å²) in [6, 6.07) is 41.9. The number of benzene rings is 6. The number of esters is 1. The third-order valence-electron chi connectivity index (χ3n) is 15.3. The summed E-state index contributed by atoms with van der Waals surface area (Å²) >= 11 is 0. The first kappa shape index (κ1) is 50.9. The Labute approximate surface area is 457 Å². The Balaban J connectivity index is 1.07. The zero-order valence-corrected chi connectivity index (χ0v) is 42.8. The Bertz CT molecular complexity index is 3700. The van der Waals surface area contributed by atoms with E-state index < -0.39 is 64.4 Å². The van der Waals surface area contributed by atoms with Crippen molar-refractivity contribution < 1.29 is 43.4 Å². The van der Waals surface area contributed by atoms with Crippen LogP contribution in [0, 0.1) is 27.9 Å². The number of nitro benzene ring substituents is 1. The zero-order chi connectivity index (χ0) is 54.9. The number of cyclic esters (lactones) is 1. The van der Waals surface area contributed by atoms with Gasteiger partial charge >= 0.3 is 12.1 Å². The molecular formula is C60H50N10O10. The summed E-state index contributed by atoms with van der Waals surface area (Å²) in [6.07, 6.45) is 1.22. The third-order valence-corrected chi connectivity index (χ3v) is 15.3. The van der Waals surface area contributed by atoms with Crippen LogP contribution in [0.2, 0.25) is 0 Å². The van der Waals surface area contributed by atoms with Crippen molar-refractivity contribution in [1.29, 1.82) is 0 Å². The van der Waals surface area contributed by atoms with Gasteiger partial charge in [0.05, 0.1) is 40.7 Å². The first-order chi connectivity index (χ1) is 39.1. The molecule has 12 rings (SSSR count). The van der Waals surface area contributed by atoms with Crippen molar-refractivity contribution in [3.05, 3.63) is 214 Å². The summed E-state index contributed by atoms with van der Waals surface area (Å²) < 4.78 is 20.2. The molecule has 0 unspecified atom stereocenters. The van der Waals surface area contributed by atoms with Crippen LogP contribution < -0.4 is 14.5 Å². The van der Waals surface area contributed by atoms with Crippen LogP contribution in [0.4, 0.5) is 22.1 Å². The molecule has 3 fully saturated rings. The maximum Gasteiger partial charge on any atom is 0.421 e. The van der Waals surface area contributed by atoms with Gasteiger partial charge in [0.2, 0.25) is 17.8 Å². The van der Waals surface area contributed by atoms with E-state index in [0.717, 1.165) is 16.0 Å². The van der Waals surface area contributed by atoms with E-state index in [4.69, 9.17) is 14.2 Å². The molecule has 1 N–H and O–H groups in total. The van der Waals surface area contributed by atoms with E-state index in [1.165, 1.54) is 24.3 Å². The number of hydrogen-bond acceptors (Lipinski definition) is 16. The molecule has 20 heteroatoms. The number of aliphatic hydroxyl groups excluding tert-OH is 1. The van der Waals surface area contributed by atoms with E-state index in [1.807, 2.05) is 94.7 Å². The number of carbonyl (C=O) groups excluding carboxylic acids is 4. The molecule has 6 heterocycles. The smallest absolute Gasteiger partial charge is 0.421 e. The van der Waals surface area contributed by atoms with Crippen molar-refractivity contribution in [2.75, 3.05) is 49.2 Å². The average molecular weight is 1070 g/mol. The van der Waals surface area contributed by atoms with Gasteiger partial charge in [-0.3, -0.25) is 29.4 Å². The zero-order valence-electron chi connectivity index (χ0n) is 42.8. The van der Waals surface area contributed by atoms with Gasteiger partial charge < -0.3 is 29.1 Å². The lowest BCUT2D eigenvalue weighted by Crippen LogP contribution is -2.59. The number of aromatic nitrogens is 5. The standard InChI is InChI=1S/C60H50N10O10/c71-35-36-78-45-25-21-43(22-26-45)54-60(46-37-39(11-9-30-67-49-17-8-7-16-47(49)63-64-67)20-27-48(46)68(57(60)74)59(75)79-38-40-18-23-44(24-19-40)70(76)77)50(55(72)65-31-33-66(34-32-65)58-61-28-10-29-62-58)52-56(73)80-53(42-14-5-2-6-15-42)51(69(52)54)41-12-3-1-4-13-41/h1-8,10,12-29,37,50-54,71H,30-36,38H2/t50-,51-,52-,53+,54+,60-/m0/s1. The van der Waals surface area contributed by atoms with E-state index in [-0.39, 0.29) is 56.4 Å². The monoisotopic (exact) mass is 1070 g/mol. The quantitative estimate of drug-likeness (QED) is 0.0568. The molecule has 400 valence electrons. The van der Waals surface area contributed by atoms with Crippen LogP contribution in [0.5, 0.6) is 5.75 Å². The van der Waals surface area contributed by atoms with Crippen LogP contribution in [-0.2, 0) is 42.4 Å². The molecule has 3 saturated heterocycles. The van der Waals surface area contributed by atoms with Crippen molar-refractivity contribution in [3.63, 3.8) is 0 Å². The summed E-state index contributed by atoms with van der Waals surface area (Å²) in [4.78, 5) is 90.6. The van der Waals surface area contributed by atoms with E-state index >= 15 is 19.2 Å². The number of piperazine rings is 1. The van der Waals surface area contributed by atoms with E-state index in [9.17, 15) is 15.2 Å². The molecular weight excluding hydrogens is 1020 g/mol. The second-order valence-corrected chi connectivity index (χ2v) is 19.7. The number of ether oxygens (including phenoxy) is 3. The van der Waals surface area contributed by atoms with Gasteiger partial charge in [0.25, 0.3) is 5.69 Å². The van der Waals surface area contributed by atoms with Gasteiger partial charge in [-0.2, -0.15) is 0 Å². The Morgan fingerprint density at radius 1 is 0.787 bits per heavy atom. The number of para-hydroxylation sites is 1. The Morgan fingerprint density at radius 3 is 2.20 bits per heavy atom. The largest absolute Gasteiger partial charge is 0.491 e. The summed E-state index contributed by atoms with van der Waals surface area (Å²) in [5.74, 6) is 3.66. The summed E-state index contributed by atoms with van der Waals surface area (Å²) in [5.41, 5.74) is 2.20. The lowest BCUT2D eigenvalue weighted by Gasteiger charge is -2.46. The van der Waals surface area contributed by atoms with Gasteiger partial charge in [-0.25, -0.2) is 24.3 Å². The van der Waals surface area contributed by atoms with Gasteiger partial charge in [-0.15, -0.1) is 5.10 Å². The number of imide groups is 1. The minimum atomic E-state index is -2.13. The number of morpholine rings is 1. The molecule has 4 aliphatic rings. The van der Waals surface area contributed by atoms with Crippen molar-refractivity contribution >= 4 is 52.2 Å². The topological polar surface area (TPSA) is 229 Å². The number of fused-ring (bicyclic) bond motifs is 4. The number of amides is 3. The predicted molar refractivity (Wildman–Crippen MR) is 289 cm³/mol. The fraction of sp³-hybridized carbons (Fsp3) is 0.233. The molecule has 20 nitrogen and oxygen atoms in total. The average Bonchev–Trinajstić information content (AvgIpc) is 2.46. The van der Waals surface area contributed by atoms with Crippen molar-refractivity contribution in [3.8, 4) is 17.6 Å². The summed E-state index contributed by atoms with van der Waals surface area (Å²) in [7, 11) is 0. The molecule has 8 aromatic rings. The second-order valence-electron chi connectivity index (χ2n) is 19.7. The number of nitro groups is 1. The highest BCUT2D eigenvalue weighted by molar-refractivity contribution is 6.23. The normalized spacial score (nSPS) is 21.4. The van der Waals surface area contributed by atoms with E-state index in [2.05, 4.69) is 32.1 Å². The minimum Gasteiger partial charge on any atom is -0.491 e. The number of aliphatic hydroxyl groups is 1. The Hall–Kier alpha value is -9.84. The molecule has 0 radical (unpaired) electrons. The number of anilines is 2. The van der Waals surface area contributed by atoms with Gasteiger partial charge in [0, 0.05) is 56.3 Å². The van der Waals surface area contributed by atoms with Gasteiger partial charge in [-0.1, -0.05) is 102 Å². The molecule has 0 saturated carbocycles. The summed E-state index contributed by atoms with van der Waals surface area (Å²) in [6.45, 7) is 0.474. The van der Waals surface area contributed by atoms with Crippen LogP contribution in [0.15, 0.2) is 170 Å². The highest BCUT2D eigenvalue weighted by Gasteiger charge is 2.76. The highest BCUT2D eigenvalue weighted by Crippen LogP contribution is 2.66. The fourth-order valence-electron chi connectivity index (χ4n) is 11.8. The maximum absolute atomic E-state index is 16.9. The van der Waals surface area contributed by atoms with Gasteiger partial charge in [0.15, 0.2) is 0 Å². The third kappa shape index (κ3) is 9.06. The molecule has 0 aliphatic carbocycles. The van der Waals surface area contributed by atoms with Gasteiger partial charge in [0.1, 0.15) is 48.6 Å². The number of non-ortho nitro benzene ring substituents is 1. The minimum absolute atomic E-state index is 0.00157. The highest BCUT2D eigenvalue weighted by atomic mass is 16.6. The van der Waals surface area contributed by atoms with Crippen molar-refractivity contribution in [2.24, 2.45) is 5.92 Å². The molecule has 3 amide bonds. The fourth-order valence-corrected chi connectivity index (χ4v) is 11.8. The van der Waals surface area contributed by atoms with Gasteiger partial charge in [-0.05, 0) is 88.5 Å². The van der Waals surface area contributed by atoms with Crippen LogP contribution >= 0.6 is 0 Å². The lowest BCUT2D eigenvalue weighted by molar-refractivity contribution is -0.384. The Morgan fingerprint density at radius 2 is 1.49 bits per heavy atom. The van der Waals surface area contributed by atoms with Crippen LogP contribution in [0.1, 0.15) is 51.6 Å². The predicted octanol–water partition coefficient (Wildman–Crippen LogP) is 6.90. The van der Waals surface area contributed by atoms with Crippen LogP contribution in [0.3, 0.4) is 0 Å². The number of hydrogen-bond donors (Lipinski definition) is 1. The van der Waals surface area contributed by atoms with E-state index in [1.54, 1.807) is 70.5 Å². The lowest BCUT2D eigenvalue weighted by atomic mass is 9.65. The Kier molecular flexibility index (Phi) is 13.7. The molecule has 4 aliphatic heterocycles. The molecule has 6 aromatic carbocycles. The molecule has 80 heavy (non-hydrogen) atoms. The maximum atomic E-state index is 16.9. The SMILES string of the molecule is O=C1O[C@H](c2ccccc2)[C@H](c2ccccc2)N2[C@H]1[C@@H](C(=O)N1CCN(c3ncccn3)CC1)[C@]1(C(=O)N(C(=O)OCc3ccc([N+](=O)[O-])cc3)c3ccc(C#CCn4nnc5ccccc54)cc31)[C@H]2c1ccc(OCCO)cc1. The van der Waals surface area contributed by atoms with Crippen molar-refractivity contribution in [2.45, 2.75) is 42.8 Å². The first-order valence-corrected chi connectivity index (χ1v) is 26.0. The number of carbonyl (C=O) groups is 4. The first-order valence-electron chi connectivity index (χ1n) is 26.0. The molecule has 6 atom stereocenters. The molecule has 2 aromatic heterocycles. The number of nitrogens with zero attached hydrogens (tertiary/aromatic N) is 10.